The van der Waals surface area contributed by atoms with E-state index in [1.807, 2.05) is 7.05 Å². The number of likely N-dealkylation sites (tertiary alicyclic amines) is 2. The number of nitrogens with zero attached hydrogens (tertiary/aromatic N) is 3. The summed E-state index contributed by atoms with van der Waals surface area (Å²) < 4.78 is 0. The highest BCUT2D eigenvalue weighted by Gasteiger charge is 2.20. The van der Waals surface area contributed by atoms with Gasteiger partial charge in [-0.05, 0) is 58.2 Å². The largest absolute Gasteiger partial charge is 0.356 e. The lowest BCUT2D eigenvalue weighted by molar-refractivity contribution is 0.204. The molecular formula is C17H36IN5. The maximum absolute atomic E-state index is 4.41. The van der Waals surface area contributed by atoms with E-state index in [-0.39, 0.29) is 24.0 Å². The van der Waals surface area contributed by atoms with Gasteiger partial charge >= 0.3 is 0 Å². The molecule has 0 amide bonds. The molecule has 2 fully saturated rings. The van der Waals surface area contributed by atoms with Crippen LogP contribution < -0.4 is 10.6 Å². The maximum atomic E-state index is 4.41. The van der Waals surface area contributed by atoms with Gasteiger partial charge in [0.1, 0.15) is 0 Å². The van der Waals surface area contributed by atoms with E-state index in [2.05, 4.69) is 39.4 Å². The molecule has 0 spiro atoms. The standard InChI is InChI=1S/C17H35N5.HI/c1-4-9-22-11-7-16(8-12-22)20-17(18-2)19-13-15-6-5-10-21(3)14-15;/h15-16H,4-14H2,1-3H3,(H2,18,19,20);1H. The molecule has 2 heterocycles. The summed E-state index contributed by atoms with van der Waals surface area (Å²) in [5.74, 6) is 1.74. The van der Waals surface area contributed by atoms with Crippen LogP contribution in [0.4, 0.5) is 0 Å². The number of guanidine groups is 1. The van der Waals surface area contributed by atoms with Crippen LogP contribution in [-0.4, -0.2) is 75.2 Å². The minimum absolute atomic E-state index is 0. The molecule has 6 heteroatoms. The number of piperidine rings is 2. The molecule has 2 N–H and O–H groups in total. The first-order chi connectivity index (χ1) is 10.7. The van der Waals surface area contributed by atoms with Crippen LogP contribution >= 0.6 is 24.0 Å². The summed E-state index contributed by atoms with van der Waals surface area (Å²) in [6, 6.07) is 0.577. The van der Waals surface area contributed by atoms with Gasteiger partial charge in [0.15, 0.2) is 5.96 Å². The number of halogens is 1. The average molecular weight is 437 g/mol. The van der Waals surface area contributed by atoms with Crippen molar-refractivity contribution >= 4 is 29.9 Å². The zero-order valence-corrected chi connectivity index (χ0v) is 17.5. The molecule has 0 aromatic rings. The molecule has 2 aliphatic heterocycles. The molecule has 0 aromatic carbocycles. The van der Waals surface area contributed by atoms with E-state index >= 15 is 0 Å². The van der Waals surface area contributed by atoms with E-state index in [9.17, 15) is 0 Å². The SMILES string of the molecule is CCCN1CCC(NC(=NC)NCC2CCCN(C)C2)CC1.I. The Kier molecular flexibility index (Phi) is 10.5. The van der Waals surface area contributed by atoms with Gasteiger partial charge in [0.25, 0.3) is 0 Å². The Bertz CT molecular complexity index is 342. The molecule has 0 radical (unpaired) electrons. The molecule has 0 aliphatic carbocycles. The summed E-state index contributed by atoms with van der Waals surface area (Å²) in [4.78, 5) is 9.42. The summed E-state index contributed by atoms with van der Waals surface area (Å²) in [6.45, 7) is 9.44. The highest BCUT2D eigenvalue weighted by Crippen LogP contribution is 2.14. The predicted octanol–water partition coefficient (Wildman–Crippen LogP) is 1.99. The molecule has 136 valence electrons. The quantitative estimate of drug-likeness (QED) is 0.392. The number of hydrogen-bond donors (Lipinski definition) is 2. The van der Waals surface area contributed by atoms with E-state index in [4.69, 9.17) is 0 Å². The second-order valence-electron chi connectivity index (χ2n) is 6.98. The first kappa shape index (κ1) is 21.0. The van der Waals surface area contributed by atoms with Gasteiger partial charge in [0.2, 0.25) is 0 Å². The topological polar surface area (TPSA) is 42.9 Å². The van der Waals surface area contributed by atoms with Gasteiger partial charge in [-0.15, -0.1) is 24.0 Å². The van der Waals surface area contributed by atoms with Gasteiger partial charge < -0.3 is 20.4 Å². The smallest absolute Gasteiger partial charge is 0.191 e. The van der Waals surface area contributed by atoms with Crippen LogP contribution in [0.5, 0.6) is 0 Å². The molecule has 0 aromatic heterocycles. The van der Waals surface area contributed by atoms with E-state index in [0.717, 1.165) is 18.4 Å². The lowest BCUT2D eigenvalue weighted by Gasteiger charge is -2.33. The molecular weight excluding hydrogens is 401 g/mol. The summed E-state index contributed by atoms with van der Waals surface area (Å²) in [6.07, 6.45) is 6.38. The summed E-state index contributed by atoms with van der Waals surface area (Å²) in [5, 5.41) is 7.16. The van der Waals surface area contributed by atoms with Crippen molar-refractivity contribution in [2.24, 2.45) is 10.9 Å². The van der Waals surface area contributed by atoms with Crippen molar-refractivity contribution < 1.29 is 0 Å². The number of aliphatic imine (C=N–C) groups is 1. The Balaban J connectivity index is 0.00000264. The first-order valence-corrected chi connectivity index (χ1v) is 9.09. The molecule has 2 saturated heterocycles. The summed E-state index contributed by atoms with van der Waals surface area (Å²) >= 11 is 0. The molecule has 5 nitrogen and oxygen atoms in total. The molecule has 1 atom stereocenters. The molecule has 23 heavy (non-hydrogen) atoms. The molecule has 0 bridgehead atoms. The molecule has 0 saturated carbocycles. The number of nitrogens with one attached hydrogen (secondary N) is 2. The Hall–Kier alpha value is -0.0800. The van der Waals surface area contributed by atoms with E-state index < -0.39 is 0 Å². The zero-order valence-electron chi connectivity index (χ0n) is 15.2. The van der Waals surface area contributed by atoms with Crippen LogP contribution in [0, 0.1) is 5.92 Å². The van der Waals surface area contributed by atoms with Gasteiger partial charge in [-0.3, -0.25) is 4.99 Å². The fourth-order valence-electron chi connectivity index (χ4n) is 3.69. The third kappa shape index (κ3) is 7.56. The first-order valence-electron chi connectivity index (χ1n) is 9.09. The number of rotatable bonds is 5. The fraction of sp³-hybridized carbons (Fsp3) is 0.941. The Morgan fingerprint density at radius 1 is 1.17 bits per heavy atom. The molecule has 1 unspecified atom stereocenters. The van der Waals surface area contributed by atoms with Gasteiger partial charge in [0.05, 0.1) is 0 Å². The number of hydrogen-bond acceptors (Lipinski definition) is 3. The minimum Gasteiger partial charge on any atom is -0.356 e. The van der Waals surface area contributed by atoms with Crippen molar-refractivity contribution in [3.8, 4) is 0 Å². The third-order valence-electron chi connectivity index (χ3n) is 4.97. The normalized spacial score (nSPS) is 25.0. The van der Waals surface area contributed by atoms with Crippen LogP contribution in [0.15, 0.2) is 4.99 Å². The Morgan fingerprint density at radius 2 is 1.91 bits per heavy atom. The highest BCUT2D eigenvalue weighted by molar-refractivity contribution is 14.0. The third-order valence-corrected chi connectivity index (χ3v) is 4.97. The fourth-order valence-corrected chi connectivity index (χ4v) is 3.69. The van der Waals surface area contributed by atoms with Crippen molar-refractivity contribution in [3.63, 3.8) is 0 Å². The van der Waals surface area contributed by atoms with Crippen LogP contribution in [0.25, 0.3) is 0 Å². The van der Waals surface area contributed by atoms with Gasteiger partial charge in [-0.25, -0.2) is 0 Å². The van der Waals surface area contributed by atoms with Crippen molar-refractivity contribution in [3.05, 3.63) is 0 Å². The second kappa shape index (κ2) is 11.5. The monoisotopic (exact) mass is 437 g/mol. The molecule has 2 rings (SSSR count). The highest BCUT2D eigenvalue weighted by atomic mass is 127. The van der Waals surface area contributed by atoms with E-state index in [0.29, 0.717) is 6.04 Å². The van der Waals surface area contributed by atoms with Crippen LogP contribution in [0.1, 0.15) is 39.0 Å². The summed E-state index contributed by atoms with van der Waals surface area (Å²) in [7, 11) is 4.11. The van der Waals surface area contributed by atoms with Crippen molar-refractivity contribution in [1.82, 2.24) is 20.4 Å². The predicted molar refractivity (Wildman–Crippen MR) is 110 cm³/mol. The van der Waals surface area contributed by atoms with Crippen molar-refractivity contribution in [2.75, 3.05) is 53.4 Å². The van der Waals surface area contributed by atoms with E-state index in [1.165, 1.54) is 64.8 Å². The summed E-state index contributed by atoms with van der Waals surface area (Å²) in [5.41, 5.74) is 0. The Labute approximate surface area is 159 Å². The van der Waals surface area contributed by atoms with Crippen molar-refractivity contribution in [1.29, 1.82) is 0 Å². The van der Waals surface area contributed by atoms with E-state index in [1.54, 1.807) is 0 Å². The van der Waals surface area contributed by atoms with Crippen LogP contribution in [-0.2, 0) is 0 Å². The minimum atomic E-state index is 0. The lowest BCUT2D eigenvalue weighted by Crippen LogP contribution is -2.50. The zero-order chi connectivity index (χ0) is 15.8. The van der Waals surface area contributed by atoms with Gasteiger partial charge in [-0.2, -0.15) is 0 Å². The second-order valence-corrected chi connectivity index (χ2v) is 6.98. The Morgan fingerprint density at radius 3 is 2.52 bits per heavy atom. The molecule has 2 aliphatic rings. The lowest BCUT2D eigenvalue weighted by atomic mass is 9.98. The van der Waals surface area contributed by atoms with Gasteiger partial charge in [0, 0.05) is 39.3 Å². The maximum Gasteiger partial charge on any atom is 0.191 e. The van der Waals surface area contributed by atoms with Crippen molar-refractivity contribution in [2.45, 2.75) is 45.1 Å². The van der Waals surface area contributed by atoms with Crippen LogP contribution in [0.3, 0.4) is 0 Å². The average Bonchev–Trinajstić information content (AvgIpc) is 2.53. The van der Waals surface area contributed by atoms with Crippen LogP contribution in [0.2, 0.25) is 0 Å². The van der Waals surface area contributed by atoms with Gasteiger partial charge in [-0.1, -0.05) is 6.92 Å².